The lowest BCUT2D eigenvalue weighted by Gasteiger charge is -2.34. The first-order valence-electron chi connectivity index (χ1n) is 10.0. The molecule has 0 saturated carbocycles. The van der Waals surface area contributed by atoms with Crippen LogP contribution in [0.4, 0.5) is 13.2 Å². The molecule has 2 aromatic carbocycles. The molecule has 31 heavy (non-hydrogen) atoms. The minimum absolute atomic E-state index is 0.142. The summed E-state index contributed by atoms with van der Waals surface area (Å²) in [5, 5.41) is 0. The summed E-state index contributed by atoms with van der Waals surface area (Å²) in [6.45, 7) is 2.70. The van der Waals surface area contributed by atoms with Crippen molar-refractivity contribution in [2.24, 2.45) is 0 Å². The van der Waals surface area contributed by atoms with E-state index in [0.29, 0.717) is 49.9 Å². The fraction of sp³-hybridized carbons (Fsp3) is 0.429. The molecule has 168 valence electrons. The predicted octanol–water partition coefficient (Wildman–Crippen LogP) is 3.37. The number of nitrogens with zero attached hydrogens (tertiary/aromatic N) is 2. The van der Waals surface area contributed by atoms with Gasteiger partial charge < -0.3 is 9.47 Å². The SMILES string of the molecule is O=S(=O)(c1ccc2c(c1)OCCCO2)N1CCN(Cc2cccc(C(F)(F)F)c2)CC1. The Morgan fingerprint density at radius 2 is 1.61 bits per heavy atom. The zero-order valence-electron chi connectivity index (χ0n) is 16.8. The Morgan fingerprint density at radius 1 is 0.903 bits per heavy atom. The topological polar surface area (TPSA) is 59.1 Å². The third-order valence-corrected chi connectivity index (χ3v) is 7.24. The first kappa shape index (κ1) is 21.9. The summed E-state index contributed by atoms with van der Waals surface area (Å²) in [6, 6.07) is 9.84. The minimum atomic E-state index is -4.38. The van der Waals surface area contributed by atoms with Crippen LogP contribution < -0.4 is 9.47 Å². The Hall–Kier alpha value is -2.30. The summed E-state index contributed by atoms with van der Waals surface area (Å²) in [4.78, 5) is 2.10. The molecule has 0 amide bonds. The second-order valence-electron chi connectivity index (χ2n) is 7.54. The van der Waals surface area contributed by atoms with E-state index < -0.39 is 21.8 Å². The van der Waals surface area contributed by atoms with Crippen molar-refractivity contribution in [3.63, 3.8) is 0 Å². The van der Waals surface area contributed by atoms with Gasteiger partial charge in [-0.05, 0) is 23.8 Å². The summed E-state index contributed by atoms with van der Waals surface area (Å²) < 4.78 is 77.4. The predicted molar refractivity (Wildman–Crippen MR) is 108 cm³/mol. The van der Waals surface area contributed by atoms with E-state index in [4.69, 9.17) is 9.47 Å². The van der Waals surface area contributed by atoms with E-state index in [1.165, 1.54) is 22.5 Å². The third kappa shape index (κ3) is 4.97. The van der Waals surface area contributed by atoms with Crippen molar-refractivity contribution in [3.8, 4) is 11.5 Å². The fourth-order valence-electron chi connectivity index (χ4n) is 3.69. The maximum Gasteiger partial charge on any atom is 0.416 e. The highest BCUT2D eigenvalue weighted by Gasteiger charge is 2.32. The van der Waals surface area contributed by atoms with Gasteiger partial charge in [0.1, 0.15) is 0 Å². The van der Waals surface area contributed by atoms with Crippen LogP contribution in [0.1, 0.15) is 17.5 Å². The van der Waals surface area contributed by atoms with Crippen molar-refractivity contribution in [1.29, 1.82) is 0 Å². The van der Waals surface area contributed by atoms with Crippen LogP contribution in [0.15, 0.2) is 47.4 Å². The molecule has 2 aliphatic heterocycles. The van der Waals surface area contributed by atoms with Gasteiger partial charge in [-0.2, -0.15) is 17.5 Å². The molecule has 6 nitrogen and oxygen atoms in total. The van der Waals surface area contributed by atoms with Crippen LogP contribution in [0.3, 0.4) is 0 Å². The lowest BCUT2D eigenvalue weighted by atomic mass is 10.1. The van der Waals surface area contributed by atoms with Gasteiger partial charge in [0, 0.05) is 45.2 Å². The second kappa shape index (κ2) is 8.68. The Kier molecular flexibility index (Phi) is 6.14. The maximum absolute atomic E-state index is 13.1. The van der Waals surface area contributed by atoms with Gasteiger partial charge in [0.2, 0.25) is 10.0 Å². The van der Waals surface area contributed by atoms with Crippen LogP contribution in [0, 0.1) is 0 Å². The van der Waals surface area contributed by atoms with Crippen molar-refractivity contribution in [3.05, 3.63) is 53.6 Å². The van der Waals surface area contributed by atoms with Crippen LogP contribution in [0.2, 0.25) is 0 Å². The molecule has 2 heterocycles. The number of hydrogen-bond acceptors (Lipinski definition) is 5. The highest BCUT2D eigenvalue weighted by Crippen LogP contribution is 2.33. The molecule has 10 heteroatoms. The Balaban J connectivity index is 1.41. The maximum atomic E-state index is 13.1. The van der Waals surface area contributed by atoms with Crippen molar-refractivity contribution in [2.45, 2.75) is 24.0 Å². The quantitative estimate of drug-likeness (QED) is 0.706. The van der Waals surface area contributed by atoms with Gasteiger partial charge in [-0.1, -0.05) is 18.2 Å². The van der Waals surface area contributed by atoms with Crippen LogP contribution >= 0.6 is 0 Å². The molecule has 0 aliphatic carbocycles. The molecule has 2 aromatic rings. The summed E-state index contributed by atoms with van der Waals surface area (Å²) in [6.07, 6.45) is -3.66. The van der Waals surface area contributed by atoms with Gasteiger partial charge in [0.15, 0.2) is 11.5 Å². The molecule has 0 aromatic heterocycles. The molecule has 2 aliphatic rings. The lowest BCUT2D eigenvalue weighted by Crippen LogP contribution is -2.48. The van der Waals surface area contributed by atoms with Gasteiger partial charge >= 0.3 is 6.18 Å². The normalized spacial score (nSPS) is 18.5. The van der Waals surface area contributed by atoms with Gasteiger partial charge in [-0.15, -0.1) is 0 Å². The average molecular weight is 456 g/mol. The van der Waals surface area contributed by atoms with Crippen LogP contribution in [-0.2, 0) is 22.7 Å². The summed E-state index contributed by atoms with van der Waals surface area (Å²) >= 11 is 0. The zero-order valence-corrected chi connectivity index (χ0v) is 17.6. The smallest absolute Gasteiger partial charge is 0.416 e. The number of ether oxygens (including phenoxy) is 2. The fourth-order valence-corrected chi connectivity index (χ4v) is 5.12. The van der Waals surface area contributed by atoms with Gasteiger partial charge in [-0.25, -0.2) is 8.42 Å². The van der Waals surface area contributed by atoms with Crippen molar-refractivity contribution >= 4 is 10.0 Å². The number of rotatable bonds is 4. The van der Waals surface area contributed by atoms with Crippen molar-refractivity contribution in [2.75, 3.05) is 39.4 Å². The summed E-state index contributed by atoms with van der Waals surface area (Å²) in [7, 11) is -3.71. The Morgan fingerprint density at radius 3 is 2.32 bits per heavy atom. The van der Waals surface area contributed by atoms with Gasteiger partial charge in [0.25, 0.3) is 0 Å². The molecule has 4 rings (SSSR count). The number of sulfonamides is 1. The monoisotopic (exact) mass is 456 g/mol. The van der Waals surface area contributed by atoms with E-state index in [1.807, 2.05) is 4.90 Å². The highest BCUT2D eigenvalue weighted by molar-refractivity contribution is 7.89. The average Bonchev–Trinajstić information content (AvgIpc) is 2.98. The second-order valence-corrected chi connectivity index (χ2v) is 9.48. The zero-order chi connectivity index (χ0) is 22.1. The number of benzene rings is 2. The molecular weight excluding hydrogens is 433 g/mol. The van der Waals surface area contributed by atoms with Gasteiger partial charge in [-0.3, -0.25) is 4.90 Å². The minimum Gasteiger partial charge on any atom is -0.490 e. The van der Waals surface area contributed by atoms with E-state index in [0.717, 1.165) is 18.6 Å². The first-order valence-corrected chi connectivity index (χ1v) is 11.5. The van der Waals surface area contributed by atoms with E-state index in [2.05, 4.69) is 0 Å². The first-order chi connectivity index (χ1) is 14.7. The molecule has 0 atom stereocenters. The number of piperazine rings is 1. The molecule has 0 bridgehead atoms. The highest BCUT2D eigenvalue weighted by atomic mass is 32.2. The lowest BCUT2D eigenvalue weighted by molar-refractivity contribution is -0.137. The van der Waals surface area contributed by atoms with Crippen LogP contribution in [-0.4, -0.2) is 57.0 Å². The molecule has 0 radical (unpaired) electrons. The number of hydrogen-bond donors (Lipinski definition) is 0. The van der Waals surface area contributed by atoms with Crippen LogP contribution in [0.25, 0.3) is 0 Å². The molecule has 1 saturated heterocycles. The molecule has 0 unspecified atom stereocenters. The molecule has 0 N–H and O–H groups in total. The molecule has 1 fully saturated rings. The number of alkyl halides is 3. The van der Waals surface area contributed by atoms with E-state index in [9.17, 15) is 21.6 Å². The van der Waals surface area contributed by atoms with E-state index in [1.54, 1.807) is 12.1 Å². The van der Waals surface area contributed by atoms with Gasteiger partial charge in [0.05, 0.1) is 23.7 Å². The number of halogens is 3. The summed E-state index contributed by atoms with van der Waals surface area (Å²) in [5.41, 5.74) is -0.130. The standard InChI is InChI=1S/C21H23F3N2O4S/c22-21(23,24)17-4-1-3-16(13-17)15-25-7-9-26(10-8-25)31(27,28)18-5-6-19-20(14-18)30-12-2-11-29-19/h1,3-6,13-14H,2,7-12,15H2. The van der Waals surface area contributed by atoms with E-state index in [-0.39, 0.29) is 18.0 Å². The summed E-state index contributed by atoms with van der Waals surface area (Å²) in [5.74, 6) is 0.948. The molecular formula is C21H23F3N2O4S. The van der Waals surface area contributed by atoms with Crippen LogP contribution in [0.5, 0.6) is 11.5 Å². The van der Waals surface area contributed by atoms with Crippen molar-refractivity contribution < 1.29 is 31.1 Å². The largest absolute Gasteiger partial charge is 0.490 e. The molecule has 0 spiro atoms. The Labute approximate surface area is 179 Å². The Bertz CT molecular complexity index is 1040. The van der Waals surface area contributed by atoms with E-state index >= 15 is 0 Å². The third-order valence-electron chi connectivity index (χ3n) is 5.35. The van der Waals surface area contributed by atoms with Crippen molar-refractivity contribution in [1.82, 2.24) is 9.21 Å². The number of fused-ring (bicyclic) bond motifs is 1.